The number of hydrogen-bond donors (Lipinski definition) is 1. The number of alkyl halides is 1. The van der Waals surface area contributed by atoms with Gasteiger partial charge in [0.2, 0.25) is 0 Å². The van der Waals surface area contributed by atoms with Gasteiger partial charge in [0, 0.05) is 36.0 Å². The van der Waals surface area contributed by atoms with Crippen LogP contribution in [0.25, 0.3) is 0 Å². The van der Waals surface area contributed by atoms with Crippen LogP contribution in [0.4, 0.5) is 4.39 Å². The lowest BCUT2D eigenvalue weighted by atomic mass is 9.42. The van der Waals surface area contributed by atoms with E-state index in [9.17, 15) is 14.7 Å². The summed E-state index contributed by atoms with van der Waals surface area (Å²) in [6.45, 7) is 5.73. The number of rotatable bonds is 0. The second kappa shape index (κ2) is 4.69. The van der Waals surface area contributed by atoms with Crippen LogP contribution in [0.15, 0.2) is 0 Å². The van der Waals surface area contributed by atoms with Gasteiger partial charge in [-0.25, -0.2) is 4.39 Å². The molecule has 4 fully saturated rings. The molecule has 0 radical (unpaired) electrons. The van der Waals surface area contributed by atoms with E-state index in [0.29, 0.717) is 32.1 Å². The fraction of sp³-hybridized carbons (Fsp3) is 0.900. The molecule has 0 amide bonds. The number of aliphatic hydroxyl groups is 1. The number of ketones is 2. The van der Waals surface area contributed by atoms with Gasteiger partial charge in [0.05, 0.1) is 5.60 Å². The fourth-order valence-electron chi connectivity index (χ4n) is 6.98. The van der Waals surface area contributed by atoms with Crippen molar-refractivity contribution in [2.45, 2.75) is 83.4 Å². The van der Waals surface area contributed by atoms with Crippen molar-refractivity contribution in [2.24, 2.45) is 28.6 Å². The second-order valence-electron chi connectivity index (χ2n) is 9.69. The Morgan fingerprint density at radius 3 is 2.42 bits per heavy atom. The number of halogens is 1. The Morgan fingerprint density at radius 2 is 1.71 bits per heavy atom. The molecule has 2 unspecified atom stereocenters. The van der Waals surface area contributed by atoms with Crippen molar-refractivity contribution in [3.63, 3.8) is 0 Å². The van der Waals surface area contributed by atoms with Gasteiger partial charge in [0.15, 0.2) is 11.5 Å². The number of fused-ring (bicyclic) bond motifs is 5. The standard InChI is InChI=1S/C20H29FO3/c1-17-8-6-13(22)10-12(17)4-5-15-14-7-9-19(3,24)18(14,2)11-16(23)20(15,17)21/h12,14-15,24H,4-11H2,1-3H3/t12?,14-,15-,17-,18-,19?,20-/m0/s1. The molecule has 7 atom stereocenters. The minimum absolute atomic E-state index is 0.00443. The van der Waals surface area contributed by atoms with Crippen LogP contribution in [0.2, 0.25) is 0 Å². The Bertz CT molecular complexity index is 614. The molecular weight excluding hydrogens is 307 g/mol. The molecule has 0 aromatic carbocycles. The van der Waals surface area contributed by atoms with E-state index < -0.39 is 22.1 Å². The van der Waals surface area contributed by atoms with Crippen LogP contribution in [0.5, 0.6) is 0 Å². The predicted octanol–water partition coefficient (Wildman–Crippen LogP) is 3.62. The number of Topliss-reactive ketones (excluding diaryl/α,β-unsaturated/α-hetero) is 2. The van der Waals surface area contributed by atoms with Crippen LogP contribution < -0.4 is 0 Å². The van der Waals surface area contributed by atoms with Gasteiger partial charge in [-0.1, -0.05) is 13.8 Å². The Hall–Kier alpha value is -0.770. The molecule has 0 spiro atoms. The predicted molar refractivity (Wildman–Crippen MR) is 88.1 cm³/mol. The maximum Gasteiger partial charge on any atom is 0.177 e. The molecule has 0 aliphatic heterocycles. The maximum absolute atomic E-state index is 16.6. The molecule has 4 aliphatic carbocycles. The monoisotopic (exact) mass is 336 g/mol. The Morgan fingerprint density at radius 1 is 1.00 bits per heavy atom. The molecule has 4 aliphatic rings. The highest BCUT2D eigenvalue weighted by atomic mass is 19.1. The van der Waals surface area contributed by atoms with E-state index in [1.807, 2.05) is 20.8 Å². The first kappa shape index (κ1) is 16.7. The van der Waals surface area contributed by atoms with Crippen molar-refractivity contribution >= 4 is 11.6 Å². The summed E-state index contributed by atoms with van der Waals surface area (Å²) in [6.07, 6.45) is 4.41. The molecule has 24 heavy (non-hydrogen) atoms. The highest BCUT2D eigenvalue weighted by molar-refractivity contribution is 5.91. The van der Waals surface area contributed by atoms with Crippen molar-refractivity contribution in [3.8, 4) is 0 Å². The Balaban J connectivity index is 1.79. The average molecular weight is 336 g/mol. The first-order valence-electron chi connectivity index (χ1n) is 9.52. The van der Waals surface area contributed by atoms with Crippen LogP contribution in [0.3, 0.4) is 0 Å². The molecule has 4 rings (SSSR count). The summed E-state index contributed by atoms with van der Waals surface area (Å²) in [4.78, 5) is 25.0. The zero-order valence-corrected chi connectivity index (χ0v) is 15.0. The van der Waals surface area contributed by atoms with Gasteiger partial charge >= 0.3 is 0 Å². The lowest BCUT2D eigenvalue weighted by molar-refractivity contribution is -0.205. The zero-order valence-electron chi connectivity index (χ0n) is 15.0. The summed E-state index contributed by atoms with van der Waals surface area (Å²) in [5.41, 5.74) is -3.94. The minimum atomic E-state index is -1.82. The zero-order chi connectivity index (χ0) is 17.5. The smallest absolute Gasteiger partial charge is 0.177 e. The van der Waals surface area contributed by atoms with E-state index in [1.165, 1.54) is 0 Å². The first-order valence-corrected chi connectivity index (χ1v) is 9.52. The quantitative estimate of drug-likeness (QED) is 0.735. The highest BCUT2D eigenvalue weighted by Crippen LogP contribution is 2.69. The van der Waals surface area contributed by atoms with Gasteiger partial charge in [-0.3, -0.25) is 9.59 Å². The van der Waals surface area contributed by atoms with E-state index in [0.717, 1.165) is 12.8 Å². The third kappa shape index (κ3) is 1.71. The van der Waals surface area contributed by atoms with E-state index >= 15 is 4.39 Å². The molecule has 0 aromatic heterocycles. The van der Waals surface area contributed by atoms with E-state index in [-0.39, 0.29) is 35.7 Å². The van der Waals surface area contributed by atoms with Crippen molar-refractivity contribution < 1.29 is 19.1 Å². The lowest BCUT2D eigenvalue weighted by Gasteiger charge is -2.62. The average Bonchev–Trinajstić information content (AvgIpc) is 2.72. The molecule has 3 nitrogen and oxygen atoms in total. The molecule has 0 bridgehead atoms. The Labute approximate surface area is 143 Å². The van der Waals surface area contributed by atoms with Gasteiger partial charge in [-0.05, 0) is 50.9 Å². The van der Waals surface area contributed by atoms with Crippen LogP contribution in [-0.2, 0) is 9.59 Å². The first-order chi connectivity index (χ1) is 11.1. The molecule has 0 heterocycles. The molecule has 4 saturated carbocycles. The van der Waals surface area contributed by atoms with Crippen LogP contribution >= 0.6 is 0 Å². The second-order valence-corrected chi connectivity index (χ2v) is 9.69. The summed E-state index contributed by atoms with van der Waals surface area (Å²) in [7, 11) is 0. The molecule has 1 N–H and O–H groups in total. The van der Waals surface area contributed by atoms with Crippen LogP contribution in [0, 0.1) is 28.6 Å². The van der Waals surface area contributed by atoms with Crippen molar-refractivity contribution in [3.05, 3.63) is 0 Å². The van der Waals surface area contributed by atoms with Gasteiger partial charge in [0.1, 0.15) is 5.78 Å². The SMILES string of the molecule is CC1(O)CC[C@H]2[C@@H]3CCC4CC(=O)CC[C@]4(C)[C@@]3(F)C(=O)C[C@@]21C. The van der Waals surface area contributed by atoms with Crippen molar-refractivity contribution in [1.82, 2.24) is 0 Å². The van der Waals surface area contributed by atoms with Gasteiger partial charge < -0.3 is 5.11 Å². The fourth-order valence-corrected chi connectivity index (χ4v) is 6.98. The summed E-state index contributed by atoms with van der Waals surface area (Å²) in [5.74, 6) is -0.334. The van der Waals surface area contributed by atoms with Crippen molar-refractivity contribution in [2.75, 3.05) is 0 Å². The number of carbonyl (C=O) groups excluding carboxylic acids is 2. The van der Waals surface area contributed by atoms with Gasteiger partial charge in [0.25, 0.3) is 0 Å². The molecule has 4 heteroatoms. The molecule has 0 aromatic rings. The van der Waals surface area contributed by atoms with Crippen LogP contribution in [-0.4, -0.2) is 27.9 Å². The largest absolute Gasteiger partial charge is 0.390 e. The van der Waals surface area contributed by atoms with Gasteiger partial charge in [-0.15, -0.1) is 0 Å². The topological polar surface area (TPSA) is 54.4 Å². The maximum atomic E-state index is 16.6. The Kier molecular flexibility index (Phi) is 3.26. The van der Waals surface area contributed by atoms with E-state index in [1.54, 1.807) is 0 Å². The minimum Gasteiger partial charge on any atom is -0.390 e. The van der Waals surface area contributed by atoms with Gasteiger partial charge in [-0.2, -0.15) is 0 Å². The van der Waals surface area contributed by atoms with Crippen LogP contribution in [0.1, 0.15) is 72.1 Å². The van der Waals surface area contributed by atoms with E-state index in [4.69, 9.17) is 0 Å². The molecular formula is C20H29FO3. The summed E-state index contributed by atoms with van der Waals surface area (Å²) >= 11 is 0. The summed E-state index contributed by atoms with van der Waals surface area (Å²) in [5, 5.41) is 10.9. The van der Waals surface area contributed by atoms with Crippen molar-refractivity contribution in [1.29, 1.82) is 0 Å². The summed E-state index contributed by atoms with van der Waals surface area (Å²) < 4.78 is 16.6. The number of carbonyl (C=O) groups is 2. The molecule has 0 saturated heterocycles. The molecule has 134 valence electrons. The van der Waals surface area contributed by atoms with E-state index in [2.05, 4.69) is 0 Å². The lowest BCUT2D eigenvalue weighted by Crippen LogP contribution is -2.68. The normalized spacial score (nSPS) is 57.3. The third-order valence-corrected chi connectivity index (χ3v) is 8.88. The number of hydrogen-bond acceptors (Lipinski definition) is 3. The third-order valence-electron chi connectivity index (χ3n) is 8.88. The summed E-state index contributed by atoms with van der Waals surface area (Å²) in [6, 6.07) is 0. The highest BCUT2D eigenvalue weighted by Gasteiger charge is 2.73.